The number of amides is 1. The van der Waals surface area contributed by atoms with E-state index in [0.29, 0.717) is 0 Å². The highest BCUT2D eigenvalue weighted by atomic mass is 16.5. The lowest BCUT2D eigenvalue weighted by Crippen LogP contribution is -2.50. The summed E-state index contributed by atoms with van der Waals surface area (Å²) in [6.07, 6.45) is 7.58. The third-order valence-corrected chi connectivity index (χ3v) is 5.89. The van der Waals surface area contributed by atoms with Crippen molar-refractivity contribution in [3.8, 4) is 5.75 Å². The van der Waals surface area contributed by atoms with E-state index in [1.54, 1.807) is 7.11 Å². The van der Waals surface area contributed by atoms with E-state index in [9.17, 15) is 4.79 Å². The third-order valence-electron chi connectivity index (χ3n) is 5.89. The van der Waals surface area contributed by atoms with Gasteiger partial charge in [0.15, 0.2) is 0 Å². The van der Waals surface area contributed by atoms with Crippen molar-refractivity contribution < 1.29 is 9.53 Å². The van der Waals surface area contributed by atoms with Crippen LogP contribution < -0.4 is 4.74 Å². The van der Waals surface area contributed by atoms with E-state index in [1.807, 2.05) is 29.2 Å². The van der Waals surface area contributed by atoms with Gasteiger partial charge in [-0.1, -0.05) is 18.2 Å². The van der Waals surface area contributed by atoms with Gasteiger partial charge in [-0.15, -0.1) is 0 Å². The summed E-state index contributed by atoms with van der Waals surface area (Å²) >= 11 is 0. The van der Waals surface area contributed by atoms with E-state index in [2.05, 4.69) is 17.1 Å². The van der Waals surface area contributed by atoms with Crippen molar-refractivity contribution in [1.29, 1.82) is 0 Å². The maximum Gasteiger partial charge on any atom is 0.254 e. The number of methoxy groups -OCH3 is 1. The maximum atomic E-state index is 12.7. The highest BCUT2D eigenvalue weighted by Gasteiger charge is 2.36. The molecule has 4 nitrogen and oxygen atoms in total. The van der Waals surface area contributed by atoms with Gasteiger partial charge in [0.25, 0.3) is 5.91 Å². The number of hydrogen-bond donors (Lipinski definition) is 0. The summed E-state index contributed by atoms with van der Waals surface area (Å²) in [5, 5.41) is 0. The van der Waals surface area contributed by atoms with Crippen LogP contribution in [0.1, 0.15) is 23.2 Å². The number of rotatable bonds is 4. The Kier molecular flexibility index (Phi) is 4.31. The molecule has 1 heterocycles. The molecule has 1 amide bonds. The van der Waals surface area contributed by atoms with E-state index in [0.717, 1.165) is 55.2 Å². The molecule has 0 spiro atoms. The fraction of sp³-hybridized carbons (Fsp3) is 0.550. The van der Waals surface area contributed by atoms with Crippen molar-refractivity contribution in [3.63, 3.8) is 0 Å². The van der Waals surface area contributed by atoms with Gasteiger partial charge >= 0.3 is 0 Å². The fourth-order valence-electron chi connectivity index (χ4n) is 4.51. The van der Waals surface area contributed by atoms with Crippen molar-refractivity contribution in [2.75, 3.05) is 39.8 Å². The molecule has 1 aromatic carbocycles. The highest BCUT2D eigenvalue weighted by Crippen LogP contribution is 2.43. The molecule has 4 rings (SSSR count). The summed E-state index contributed by atoms with van der Waals surface area (Å²) in [5.74, 6) is 3.35. The molecule has 24 heavy (non-hydrogen) atoms. The molecule has 0 unspecified atom stereocenters. The minimum atomic E-state index is 0.122. The molecule has 1 aromatic rings. The predicted molar refractivity (Wildman–Crippen MR) is 94.2 cm³/mol. The number of nitrogens with zero attached hydrogens (tertiary/aromatic N) is 2. The fourth-order valence-corrected chi connectivity index (χ4v) is 4.51. The van der Waals surface area contributed by atoms with Crippen LogP contribution in [-0.4, -0.2) is 55.5 Å². The first kappa shape index (κ1) is 15.7. The number of allylic oxidation sites excluding steroid dienone is 2. The van der Waals surface area contributed by atoms with Crippen LogP contribution in [0.4, 0.5) is 0 Å². The molecule has 2 fully saturated rings. The Hall–Kier alpha value is -1.81. The second-order valence-electron chi connectivity index (χ2n) is 7.37. The molecule has 1 aliphatic heterocycles. The van der Waals surface area contributed by atoms with Crippen molar-refractivity contribution in [1.82, 2.24) is 9.80 Å². The van der Waals surface area contributed by atoms with Crippen LogP contribution in [0.5, 0.6) is 5.75 Å². The second-order valence-corrected chi connectivity index (χ2v) is 7.37. The van der Waals surface area contributed by atoms with Gasteiger partial charge in [0.1, 0.15) is 5.75 Å². The van der Waals surface area contributed by atoms with Crippen molar-refractivity contribution in [2.24, 2.45) is 17.8 Å². The zero-order valence-electron chi connectivity index (χ0n) is 14.4. The lowest BCUT2D eigenvalue weighted by molar-refractivity contribution is 0.0610. The number of ether oxygens (including phenoxy) is 1. The first-order valence-electron chi connectivity index (χ1n) is 9.07. The Balaban J connectivity index is 1.31. The van der Waals surface area contributed by atoms with Crippen molar-refractivity contribution in [3.05, 3.63) is 42.0 Å². The Labute approximate surface area is 144 Å². The van der Waals surface area contributed by atoms with Crippen LogP contribution >= 0.6 is 0 Å². The lowest BCUT2D eigenvalue weighted by atomic mass is 9.93. The normalized spacial score (nSPS) is 29.2. The number of carbonyl (C=O) groups is 1. The molecular weight excluding hydrogens is 300 g/mol. The van der Waals surface area contributed by atoms with Crippen LogP contribution in [0.25, 0.3) is 0 Å². The molecule has 128 valence electrons. The van der Waals surface area contributed by atoms with E-state index in [4.69, 9.17) is 4.74 Å². The molecule has 0 radical (unpaired) electrons. The average molecular weight is 326 g/mol. The number of piperazine rings is 1. The van der Waals surface area contributed by atoms with Gasteiger partial charge in [-0.2, -0.15) is 0 Å². The Morgan fingerprint density at radius 3 is 2.67 bits per heavy atom. The number of fused-ring (bicyclic) bond motifs is 2. The summed E-state index contributed by atoms with van der Waals surface area (Å²) in [7, 11) is 1.63. The molecule has 3 aliphatic rings. The number of hydrogen-bond acceptors (Lipinski definition) is 3. The van der Waals surface area contributed by atoms with E-state index >= 15 is 0 Å². The third kappa shape index (κ3) is 3.07. The van der Waals surface area contributed by atoms with Gasteiger partial charge in [-0.05, 0) is 48.8 Å². The monoisotopic (exact) mass is 326 g/mol. The standard InChI is InChI=1S/C20H26N2O2/c1-24-19-4-2-3-17(13-19)20(23)22-9-7-21(8-10-22)14-18-12-15-5-6-16(18)11-15/h2-6,13,15-16,18H,7-12,14H2,1H3/t15-,16+,18+/m0/s1. The number of carbonyl (C=O) groups excluding carboxylic acids is 1. The minimum Gasteiger partial charge on any atom is -0.497 e. The zero-order valence-corrected chi connectivity index (χ0v) is 14.4. The molecule has 2 bridgehead atoms. The van der Waals surface area contributed by atoms with Gasteiger partial charge in [0.05, 0.1) is 7.11 Å². The smallest absolute Gasteiger partial charge is 0.254 e. The van der Waals surface area contributed by atoms with E-state index in [1.165, 1.54) is 19.4 Å². The van der Waals surface area contributed by atoms with Crippen LogP contribution in [0.2, 0.25) is 0 Å². The van der Waals surface area contributed by atoms with Crippen LogP contribution in [-0.2, 0) is 0 Å². The average Bonchev–Trinajstić information content (AvgIpc) is 3.25. The molecule has 4 heteroatoms. The number of benzene rings is 1. The van der Waals surface area contributed by atoms with Gasteiger partial charge in [-0.3, -0.25) is 9.69 Å². The maximum absolute atomic E-state index is 12.7. The largest absolute Gasteiger partial charge is 0.497 e. The molecule has 0 aromatic heterocycles. The summed E-state index contributed by atoms with van der Waals surface area (Å²) in [4.78, 5) is 17.2. The first-order chi connectivity index (χ1) is 11.7. The zero-order chi connectivity index (χ0) is 16.5. The van der Waals surface area contributed by atoms with Crippen molar-refractivity contribution in [2.45, 2.75) is 12.8 Å². The predicted octanol–water partition coefficient (Wildman–Crippen LogP) is 2.67. The SMILES string of the molecule is COc1cccc(C(=O)N2CCN(C[C@H]3C[C@H]4C=C[C@@H]3C4)CC2)c1. The topological polar surface area (TPSA) is 32.8 Å². The highest BCUT2D eigenvalue weighted by molar-refractivity contribution is 5.94. The first-order valence-corrected chi connectivity index (χ1v) is 9.07. The van der Waals surface area contributed by atoms with E-state index in [-0.39, 0.29) is 5.91 Å². The Morgan fingerprint density at radius 2 is 2.00 bits per heavy atom. The second kappa shape index (κ2) is 6.60. The van der Waals surface area contributed by atoms with Gasteiger partial charge in [0, 0.05) is 38.3 Å². The summed E-state index contributed by atoms with van der Waals surface area (Å²) < 4.78 is 5.22. The van der Waals surface area contributed by atoms with Crippen LogP contribution in [0.15, 0.2) is 36.4 Å². The molecule has 3 atom stereocenters. The van der Waals surface area contributed by atoms with Gasteiger partial charge in [0.2, 0.25) is 0 Å². The summed E-state index contributed by atoms with van der Waals surface area (Å²) in [6, 6.07) is 7.46. The molecule has 2 aliphatic carbocycles. The molecule has 1 saturated carbocycles. The van der Waals surface area contributed by atoms with Crippen LogP contribution in [0, 0.1) is 17.8 Å². The minimum absolute atomic E-state index is 0.122. The quantitative estimate of drug-likeness (QED) is 0.798. The Bertz CT molecular complexity index is 634. The lowest BCUT2D eigenvalue weighted by Gasteiger charge is -2.37. The summed E-state index contributed by atoms with van der Waals surface area (Å²) in [5.41, 5.74) is 0.723. The van der Waals surface area contributed by atoms with E-state index < -0.39 is 0 Å². The molecular formula is C20H26N2O2. The van der Waals surface area contributed by atoms with Gasteiger partial charge in [-0.25, -0.2) is 0 Å². The summed E-state index contributed by atoms with van der Waals surface area (Å²) in [6.45, 7) is 4.84. The van der Waals surface area contributed by atoms with Crippen molar-refractivity contribution >= 4 is 5.91 Å². The molecule has 1 saturated heterocycles. The van der Waals surface area contributed by atoms with Gasteiger partial charge < -0.3 is 9.64 Å². The molecule has 0 N–H and O–H groups in total. The van der Waals surface area contributed by atoms with Crippen LogP contribution in [0.3, 0.4) is 0 Å². The Morgan fingerprint density at radius 1 is 1.17 bits per heavy atom.